The quantitative estimate of drug-likeness (QED) is 0.750. The summed E-state index contributed by atoms with van der Waals surface area (Å²) < 4.78 is 0. The predicted molar refractivity (Wildman–Crippen MR) is 107 cm³/mol. The minimum absolute atomic E-state index is 0.304. The monoisotopic (exact) mass is 368 g/mol. The van der Waals surface area contributed by atoms with Crippen molar-refractivity contribution in [1.82, 2.24) is 9.88 Å². The van der Waals surface area contributed by atoms with Crippen molar-refractivity contribution < 1.29 is 4.79 Å². The number of carbonyl (C=O) groups excluding carboxylic acids is 1. The van der Waals surface area contributed by atoms with Gasteiger partial charge >= 0.3 is 0 Å². The van der Waals surface area contributed by atoms with E-state index < -0.39 is 0 Å². The number of piperidine rings is 1. The lowest BCUT2D eigenvalue weighted by molar-refractivity contribution is -0.136. The third kappa shape index (κ3) is 3.57. The molecule has 4 rings (SSSR count). The van der Waals surface area contributed by atoms with Crippen LogP contribution in [0.15, 0.2) is 24.3 Å². The maximum absolute atomic E-state index is 13.2. The first-order valence-electron chi connectivity index (χ1n) is 9.94. The standard InChI is InChI=1S/C22H28N2OS/c1-15-9-11-18(12-10-15)22-20(26-16(2)23-22)14-21(25)24-13-5-7-17-6-3-4-8-19(17)24/h9-12,17,19H,3-8,13-14H2,1-2H3. The maximum atomic E-state index is 13.2. The largest absolute Gasteiger partial charge is 0.339 e. The van der Waals surface area contributed by atoms with Gasteiger partial charge in [0.15, 0.2) is 0 Å². The molecule has 4 heteroatoms. The summed E-state index contributed by atoms with van der Waals surface area (Å²) in [5.41, 5.74) is 3.37. The predicted octanol–water partition coefficient (Wildman–Crippen LogP) is 5.15. The van der Waals surface area contributed by atoms with Crippen LogP contribution in [-0.2, 0) is 11.2 Å². The summed E-state index contributed by atoms with van der Waals surface area (Å²) in [6.07, 6.45) is 8.10. The Morgan fingerprint density at radius 1 is 1.12 bits per heavy atom. The van der Waals surface area contributed by atoms with E-state index in [0.717, 1.165) is 33.6 Å². The Morgan fingerprint density at radius 2 is 1.85 bits per heavy atom. The van der Waals surface area contributed by atoms with E-state index in [1.54, 1.807) is 11.3 Å². The molecule has 0 bridgehead atoms. The zero-order valence-electron chi connectivity index (χ0n) is 15.8. The molecule has 1 aromatic heterocycles. The number of rotatable bonds is 3. The van der Waals surface area contributed by atoms with E-state index in [4.69, 9.17) is 4.98 Å². The first kappa shape index (κ1) is 17.7. The van der Waals surface area contributed by atoms with Gasteiger partial charge in [0.1, 0.15) is 0 Å². The molecular weight excluding hydrogens is 340 g/mol. The van der Waals surface area contributed by atoms with Crippen LogP contribution in [-0.4, -0.2) is 28.4 Å². The third-order valence-electron chi connectivity index (χ3n) is 6.00. The number of amides is 1. The van der Waals surface area contributed by atoms with Crippen molar-refractivity contribution in [2.75, 3.05) is 6.54 Å². The molecule has 2 aromatic rings. The molecule has 3 nitrogen and oxygen atoms in total. The number of hydrogen-bond donors (Lipinski definition) is 0. The van der Waals surface area contributed by atoms with Crippen molar-refractivity contribution in [1.29, 1.82) is 0 Å². The molecule has 1 aromatic carbocycles. The smallest absolute Gasteiger partial charge is 0.228 e. The van der Waals surface area contributed by atoms with Crippen molar-refractivity contribution >= 4 is 17.2 Å². The second-order valence-electron chi connectivity index (χ2n) is 7.89. The first-order valence-corrected chi connectivity index (χ1v) is 10.8. The SMILES string of the molecule is Cc1ccc(-c2nc(C)sc2CC(=O)N2CCCC3CCCCC32)cc1. The van der Waals surface area contributed by atoms with Crippen LogP contribution in [0.5, 0.6) is 0 Å². The number of aryl methyl sites for hydroxylation is 2. The molecule has 26 heavy (non-hydrogen) atoms. The molecular formula is C22H28N2OS. The van der Waals surface area contributed by atoms with E-state index in [0.29, 0.717) is 18.4 Å². The second-order valence-corrected chi connectivity index (χ2v) is 9.18. The number of fused-ring (bicyclic) bond motifs is 1. The molecule has 2 heterocycles. The molecule has 138 valence electrons. The van der Waals surface area contributed by atoms with Crippen LogP contribution in [0.4, 0.5) is 0 Å². The number of aromatic nitrogens is 1. The highest BCUT2D eigenvalue weighted by Gasteiger charge is 2.35. The van der Waals surface area contributed by atoms with Gasteiger partial charge in [-0.2, -0.15) is 0 Å². The van der Waals surface area contributed by atoms with Crippen LogP contribution in [0, 0.1) is 19.8 Å². The van der Waals surface area contributed by atoms with Gasteiger partial charge < -0.3 is 4.90 Å². The van der Waals surface area contributed by atoms with E-state index in [9.17, 15) is 4.79 Å². The number of nitrogens with zero attached hydrogens (tertiary/aromatic N) is 2. The Bertz CT molecular complexity index is 778. The molecule has 1 saturated heterocycles. The molecule has 2 atom stereocenters. The average Bonchev–Trinajstić information content (AvgIpc) is 3.02. The van der Waals surface area contributed by atoms with Gasteiger partial charge in [-0.15, -0.1) is 11.3 Å². The summed E-state index contributed by atoms with van der Waals surface area (Å²) >= 11 is 1.68. The lowest BCUT2D eigenvalue weighted by Gasteiger charge is -2.44. The lowest BCUT2D eigenvalue weighted by atomic mass is 9.78. The Hall–Kier alpha value is -1.68. The van der Waals surface area contributed by atoms with Gasteiger partial charge in [0.2, 0.25) is 5.91 Å². The minimum Gasteiger partial charge on any atom is -0.339 e. The molecule has 0 spiro atoms. The van der Waals surface area contributed by atoms with Gasteiger partial charge in [-0.3, -0.25) is 4.79 Å². The summed E-state index contributed by atoms with van der Waals surface area (Å²) in [6, 6.07) is 8.97. The van der Waals surface area contributed by atoms with Gasteiger partial charge in [0.05, 0.1) is 17.1 Å². The van der Waals surface area contributed by atoms with E-state index in [1.165, 1.54) is 44.1 Å². The molecule has 1 aliphatic carbocycles. The number of likely N-dealkylation sites (tertiary alicyclic amines) is 1. The molecule has 2 aliphatic rings. The molecule has 1 amide bonds. The van der Waals surface area contributed by atoms with Crippen molar-refractivity contribution in [3.63, 3.8) is 0 Å². The van der Waals surface area contributed by atoms with Gasteiger partial charge in [-0.25, -0.2) is 4.98 Å². The van der Waals surface area contributed by atoms with Gasteiger partial charge in [-0.05, 0) is 45.4 Å². The maximum Gasteiger partial charge on any atom is 0.228 e. The molecule has 2 unspecified atom stereocenters. The van der Waals surface area contributed by atoms with Gasteiger partial charge in [0, 0.05) is 23.0 Å². The summed E-state index contributed by atoms with van der Waals surface area (Å²) in [7, 11) is 0. The zero-order valence-corrected chi connectivity index (χ0v) is 16.6. The normalized spacial score (nSPS) is 22.9. The van der Waals surface area contributed by atoms with Crippen LogP contribution in [0.2, 0.25) is 0 Å². The molecule has 0 N–H and O–H groups in total. The topological polar surface area (TPSA) is 33.2 Å². The molecule has 0 radical (unpaired) electrons. The van der Waals surface area contributed by atoms with Crippen molar-refractivity contribution in [3.8, 4) is 11.3 Å². The highest BCUT2D eigenvalue weighted by molar-refractivity contribution is 7.12. The fourth-order valence-corrected chi connectivity index (χ4v) is 5.65. The zero-order chi connectivity index (χ0) is 18.1. The Kier molecular flexibility index (Phi) is 5.12. The summed E-state index contributed by atoms with van der Waals surface area (Å²) in [4.78, 5) is 21.2. The van der Waals surface area contributed by atoms with E-state index in [-0.39, 0.29) is 0 Å². The van der Waals surface area contributed by atoms with Crippen LogP contribution in [0.3, 0.4) is 0 Å². The summed E-state index contributed by atoms with van der Waals surface area (Å²) in [5.74, 6) is 1.04. The summed E-state index contributed by atoms with van der Waals surface area (Å²) in [5, 5.41) is 1.04. The number of thiazole rings is 1. The van der Waals surface area contributed by atoms with Gasteiger partial charge in [-0.1, -0.05) is 42.7 Å². The van der Waals surface area contributed by atoms with E-state index in [2.05, 4.69) is 36.1 Å². The highest BCUT2D eigenvalue weighted by atomic mass is 32.1. The molecule has 2 fully saturated rings. The molecule has 1 saturated carbocycles. The van der Waals surface area contributed by atoms with Crippen LogP contribution in [0.25, 0.3) is 11.3 Å². The fraction of sp³-hybridized carbons (Fsp3) is 0.545. The van der Waals surface area contributed by atoms with Crippen molar-refractivity contribution in [3.05, 3.63) is 39.7 Å². The minimum atomic E-state index is 0.304. The Labute approximate surface area is 160 Å². The number of hydrogen-bond acceptors (Lipinski definition) is 3. The van der Waals surface area contributed by atoms with Crippen molar-refractivity contribution in [2.45, 2.75) is 64.8 Å². The summed E-state index contributed by atoms with van der Waals surface area (Å²) in [6.45, 7) is 5.07. The Morgan fingerprint density at radius 3 is 2.65 bits per heavy atom. The van der Waals surface area contributed by atoms with Crippen LogP contribution in [0.1, 0.15) is 54.0 Å². The van der Waals surface area contributed by atoms with Crippen molar-refractivity contribution in [2.24, 2.45) is 5.92 Å². The van der Waals surface area contributed by atoms with Crippen LogP contribution >= 0.6 is 11.3 Å². The number of benzene rings is 1. The first-order chi connectivity index (χ1) is 12.6. The fourth-order valence-electron chi connectivity index (χ4n) is 4.70. The van der Waals surface area contributed by atoms with E-state index in [1.807, 2.05) is 6.92 Å². The Balaban J connectivity index is 1.55. The second kappa shape index (κ2) is 7.51. The lowest BCUT2D eigenvalue weighted by Crippen LogP contribution is -2.50. The molecule has 1 aliphatic heterocycles. The van der Waals surface area contributed by atoms with E-state index >= 15 is 0 Å². The third-order valence-corrected chi connectivity index (χ3v) is 6.98. The average molecular weight is 369 g/mol. The highest BCUT2D eigenvalue weighted by Crippen LogP contribution is 2.36. The van der Waals surface area contributed by atoms with Crippen LogP contribution < -0.4 is 0 Å². The number of carbonyl (C=O) groups is 1. The van der Waals surface area contributed by atoms with Gasteiger partial charge in [0.25, 0.3) is 0 Å².